The van der Waals surface area contributed by atoms with E-state index in [0.29, 0.717) is 0 Å². The van der Waals surface area contributed by atoms with Gasteiger partial charge >= 0.3 is 5.97 Å². The number of carboxylic acids is 1. The minimum Gasteiger partial charge on any atom is -0.480 e. The highest BCUT2D eigenvalue weighted by atomic mass is 32.2. The summed E-state index contributed by atoms with van der Waals surface area (Å²) in [5.74, 6) is -3.19. The molecule has 0 rings (SSSR count). The van der Waals surface area contributed by atoms with Crippen LogP contribution in [0.3, 0.4) is 0 Å². The number of nitrogens with one attached hydrogen (secondary N) is 2. The standard InChI is InChI=1S/C13H25N3O7S2/c1-7(2)12(25(21,22)23)16-11(18)9(6-24)15-10(17)5-3-4-8(14)13(19)20/h7-9,12,24H,3-6,14H2,1-2H3,(H,15,17)(H,16,18)(H,19,20)(H,21,22,23)/t8-,9-,12-/m0/s1. The molecule has 0 aliphatic rings. The molecule has 0 radical (unpaired) electrons. The highest BCUT2D eigenvalue weighted by Crippen LogP contribution is 2.08. The number of hydrogen-bond donors (Lipinski definition) is 6. The topological polar surface area (TPSA) is 176 Å². The fourth-order valence-corrected chi connectivity index (χ4v) is 3.10. The smallest absolute Gasteiger partial charge is 0.320 e. The lowest BCUT2D eigenvalue weighted by atomic mass is 10.1. The molecule has 0 aromatic rings. The maximum atomic E-state index is 12.1. The van der Waals surface area contributed by atoms with Gasteiger partial charge in [-0.3, -0.25) is 18.9 Å². The van der Waals surface area contributed by atoms with Crippen molar-refractivity contribution >= 4 is 40.5 Å². The Morgan fingerprint density at radius 2 is 1.76 bits per heavy atom. The van der Waals surface area contributed by atoms with E-state index in [4.69, 9.17) is 15.4 Å². The maximum Gasteiger partial charge on any atom is 0.320 e. The van der Waals surface area contributed by atoms with E-state index in [9.17, 15) is 22.8 Å². The first-order valence-corrected chi connectivity index (χ1v) is 9.69. The Morgan fingerprint density at radius 3 is 2.16 bits per heavy atom. The van der Waals surface area contributed by atoms with Crippen LogP contribution in [0.5, 0.6) is 0 Å². The van der Waals surface area contributed by atoms with E-state index in [-0.39, 0.29) is 25.0 Å². The summed E-state index contributed by atoms with van der Waals surface area (Å²) in [5, 5.41) is 11.7. The predicted octanol–water partition coefficient (Wildman–Crippen LogP) is -1.03. The third-order valence-corrected chi connectivity index (χ3v) is 4.95. The molecule has 0 heterocycles. The fraction of sp³-hybridized carbons (Fsp3) is 0.769. The lowest BCUT2D eigenvalue weighted by Crippen LogP contribution is -2.53. The molecule has 0 saturated carbocycles. The van der Waals surface area contributed by atoms with Gasteiger partial charge in [0, 0.05) is 12.2 Å². The molecular weight excluding hydrogens is 374 g/mol. The van der Waals surface area contributed by atoms with Crippen molar-refractivity contribution in [3.63, 3.8) is 0 Å². The Labute approximate surface area is 152 Å². The van der Waals surface area contributed by atoms with Gasteiger partial charge in [-0.25, -0.2) is 0 Å². The Kier molecular flexibility index (Phi) is 10.0. The van der Waals surface area contributed by atoms with Crippen molar-refractivity contribution in [2.75, 3.05) is 5.75 Å². The molecule has 0 aromatic carbocycles. The van der Waals surface area contributed by atoms with Gasteiger partial charge in [-0.2, -0.15) is 21.0 Å². The first-order valence-electron chi connectivity index (χ1n) is 7.55. The summed E-state index contributed by atoms with van der Waals surface area (Å²) in [5.41, 5.74) is 5.31. The molecule has 12 heteroatoms. The zero-order valence-corrected chi connectivity index (χ0v) is 15.7. The van der Waals surface area contributed by atoms with Crippen molar-refractivity contribution in [3.8, 4) is 0 Å². The Bertz CT molecular complexity index is 580. The molecular formula is C13H25N3O7S2. The quantitative estimate of drug-likeness (QED) is 0.189. The predicted molar refractivity (Wildman–Crippen MR) is 93.6 cm³/mol. The van der Waals surface area contributed by atoms with E-state index in [2.05, 4.69) is 23.3 Å². The normalized spacial score (nSPS) is 15.3. The molecule has 25 heavy (non-hydrogen) atoms. The van der Waals surface area contributed by atoms with Gasteiger partial charge in [0.1, 0.15) is 12.1 Å². The minimum atomic E-state index is -4.50. The van der Waals surface area contributed by atoms with Crippen LogP contribution < -0.4 is 16.4 Å². The molecule has 10 nitrogen and oxygen atoms in total. The number of carboxylic acid groups (broad SMARTS) is 1. The van der Waals surface area contributed by atoms with Gasteiger partial charge in [-0.1, -0.05) is 13.8 Å². The van der Waals surface area contributed by atoms with E-state index in [1.165, 1.54) is 13.8 Å². The van der Waals surface area contributed by atoms with Crippen LogP contribution in [0.15, 0.2) is 0 Å². The van der Waals surface area contributed by atoms with Crippen molar-refractivity contribution in [1.82, 2.24) is 10.6 Å². The Morgan fingerprint density at radius 1 is 1.20 bits per heavy atom. The van der Waals surface area contributed by atoms with Crippen molar-refractivity contribution in [2.24, 2.45) is 11.7 Å². The first kappa shape index (κ1) is 23.6. The molecule has 6 N–H and O–H groups in total. The molecule has 3 atom stereocenters. The highest BCUT2D eigenvalue weighted by molar-refractivity contribution is 7.86. The van der Waals surface area contributed by atoms with Crippen molar-refractivity contribution in [2.45, 2.75) is 50.6 Å². The van der Waals surface area contributed by atoms with Gasteiger partial charge in [0.2, 0.25) is 11.8 Å². The average molecular weight is 399 g/mol. The van der Waals surface area contributed by atoms with Gasteiger partial charge in [0.05, 0.1) is 0 Å². The van der Waals surface area contributed by atoms with Crippen LogP contribution in [0.2, 0.25) is 0 Å². The number of thiol groups is 1. The summed E-state index contributed by atoms with van der Waals surface area (Å²) in [6, 6.07) is -2.18. The minimum absolute atomic E-state index is 0.0511. The van der Waals surface area contributed by atoms with Crippen molar-refractivity contribution in [1.29, 1.82) is 0 Å². The van der Waals surface area contributed by atoms with Gasteiger partial charge in [-0.05, 0) is 18.8 Å². The molecule has 0 aliphatic carbocycles. The molecule has 0 aromatic heterocycles. The number of carbonyl (C=O) groups is 3. The Hall–Kier alpha value is -1.37. The average Bonchev–Trinajstić information content (AvgIpc) is 2.48. The SMILES string of the molecule is CC(C)[C@@H](NC(=O)[C@H](CS)NC(=O)CCC[C@H](N)C(=O)O)S(=O)(=O)O. The summed E-state index contributed by atoms with van der Waals surface area (Å²) in [4.78, 5) is 34.5. The van der Waals surface area contributed by atoms with Crippen LogP contribution in [-0.4, -0.2) is 59.1 Å². The van der Waals surface area contributed by atoms with Crippen LogP contribution in [0.4, 0.5) is 0 Å². The Balaban J connectivity index is 4.64. The van der Waals surface area contributed by atoms with Gasteiger partial charge in [0.25, 0.3) is 10.1 Å². The second-order valence-electron chi connectivity index (χ2n) is 5.83. The van der Waals surface area contributed by atoms with Crippen LogP contribution in [-0.2, 0) is 24.5 Å². The van der Waals surface area contributed by atoms with Gasteiger partial charge in [0.15, 0.2) is 5.37 Å². The summed E-state index contributed by atoms with van der Waals surface area (Å²) < 4.78 is 31.7. The lowest BCUT2D eigenvalue weighted by molar-refractivity contribution is -0.138. The summed E-state index contributed by atoms with van der Waals surface area (Å²) in [6.45, 7) is 3.00. The van der Waals surface area contributed by atoms with E-state index in [0.717, 1.165) is 0 Å². The molecule has 0 spiro atoms. The van der Waals surface area contributed by atoms with E-state index >= 15 is 0 Å². The van der Waals surface area contributed by atoms with Crippen molar-refractivity contribution < 1.29 is 32.5 Å². The number of rotatable bonds is 11. The largest absolute Gasteiger partial charge is 0.480 e. The summed E-state index contributed by atoms with van der Waals surface area (Å²) in [6.07, 6.45) is 0.253. The van der Waals surface area contributed by atoms with Gasteiger partial charge in [-0.15, -0.1) is 0 Å². The third kappa shape index (κ3) is 9.05. The van der Waals surface area contributed by atoms with E-state index in [1.54, 1.807) is 0 Å². The maximum absolute atomic E-state index is 12.1. The zero-order valence-electron chi connectivity index (χ0n) is 14.0. The number of carbonyl (C=O) groups excluding carboxylic acids is 2. The van der Waals surface area contributed by atoms with Crippen LogP contribution in [0, 0.1) is 5.92 Å². The molecule has 0 aliphatic heterocycles. The number of nitrogens with two attached hydrogens (primary N) is 1. The van der Waals surface area contributed by atoms with E-state index in [1.807, 2.05) is 0 Å². The fourth-order valence-electron chi connectivity index (χ4n) is 1.89. The molecule has 0 bridgehead atoms. The van der Waals surface area contributed by atoms with Crippen LogP contribution in [0.25, 0.3) is 0 Å². The van der Waals surface area contributed by atoms with Crippen molar-refractivity contribution in [3.05, 3.63) is 0 Å². The van der Waals surface area contributed by atoms with E-state index < -0.39 is 51.3 Å². The summed E-state index contributed by atoms with van der Waals surface area (Å²) in [7, 11) is -4.50. The molecule has 0 saturated heterocycles. The molecule has 146 valence electrons. The third-order valence-electron chi connectivity index (χ3n) is 3.28. The zero-order chi connectivity index (χ0) is 19.8. The molecule has 0 fully saturated rings. The first-order chi connectivity index (χ1) is 11.4. The van der Waals surface area contributed by atoms with Crippen LogP contribution in [0.1, 0.15) is 33.1 Å². The second-order valence-corrected chi connectivity index (χ2v) is 7.73. The molecule has 2 amide bonds. The monoisotopic (exact) mass is 399 g/mol. The molecule has 0 unspecified atom stereocenters. The summed E-state index contributed by atoms with van der Waals surface area (Å²) >= 11 is 3.94. The second kappa shape index (κ2) is 10.6. The number of aliphatic carboxylic acids is 1. The lowest BCUT2D eigenvalue weighted by Gasteiger charge is -2.23. The highest BCUT2D eigenvalue weighted by Gasteiger charge is 2.31. The number of hydrogen-bond acceptors (Lipinski definition) is 7. The van der Waals surface area contributed by atoms with Gasteiger partial charge < -0.3 is 21.5 Å². The number of amides is 2. The van der Waals surface area contributed by atoms with Crippen LogP contribution >= 0.6 is 12.6 Å².